The Morgan fingerprint density at radius 2 is 2.25 bits per heavy atom. The lowest BCUT2D eigenvalue weighted by molar-refractivity contribution is 0.454. The average Bonchev–Trinajstić information content (AvgIpc) is 3.32. The van der Waals surface area contributed by atoms with Crippen LogP contribution in [0.4, 0.5) is 10.1 Å². The van der Waals surface area contributed by atoms with Crippen molar-refractivity contribution in [1.29, 1.82) is 0 Å². The molecule has 3 rings (SSSR count). The van der Waals surface area contributed by atoms with Gasteiger partial charge in [-0.25, -0.2) is 9.07 Å². The third-order valence-corrected chi connectivity index (χ3v) is 3.80. The second-order valence-electron chi connectivity index (χ2n) is 5.69. The highest BCUT2D eigenvalue weighted by Gasteiger charge is 2.23. The number of halogens is 1. The Bertz CT molecular complexity index is 818. The van der Waals surface area contributed by atoms with Gasteiger partial charge < -0.3 is 10.5 Å². The van der Waals surface area contributed by atoms with E-state index in [1.54, 1.807) is 35.3 Å². The normalized spacial score (nSPS) is 15.4. The van der Waals surface area contributed by atoms with Crippen LogP contribution in [0, 0.1) is 11.7 Å². The topological polar surface area (TPSA) is 65.4 Å². The van der Waals surface area contributed by atoms with Crippen LogP contribution in [0.2, 0.25) is 0 Å². The Balaban J connectivity index is 1.75. The summed E-state index contributed by atoms with van der Waals surface area (Å²) in [6.07, 6.45) is 7.57. The highest BCUT2D eigenvalue weighted by atomic mass is 19.1. The molecule has 1 aliphatic rings. The molecule has 1 aromatic heterocycles. The Morgan fingerprint density at radius 3 is 2.92 bits per heavy atom. The van der Waals surface area contributed by atoms with Gasteiger partial charge in [0.15, 0.2) is 0 Å². The van der Waals surface area contributed by atoms with Gasteiger partial charge in [0.05, 0.1) is 17.6 Å². The molecule has 124 valence electrons. The number of ether oxygens (including phenoxy) is 1. The number of anilines is 1. The second-order valence-corrected chi connectivity index (χ2v) is 5.69. The van der Waals surface area contributed by atoms with Crippen molar-refractivity contribution < 1.29 is 9.13 Å². The molecular formula is C18H19FN4O. The van der Waals surface area contributed by atoms with Crippen molar-refractivity contribution in [2.24, 2.45) is 10.9 Å². The second kappa shape index (κ2) is 6.70. The molecule has 5 nitrogen and oxygen atoms in total. The van der Waals surface area contributed by atoms with Crippen LogP contribution < -0.4 is 10.5 Å². The van der Waals surface area contributed by atoms with Crippen molar-refractivity contribution in [3.8, 4) is 11.6 Å². The third kappa shape index (κ3) is 3.71. The lowest BCUT2D eigenvalue weighted by Gasteiger charge is -2.04. The summed E-state index contributed by atoms with van der Waals surface area (Å²) in [4.78, 5) is 4.47. The summed E-state index contributed by atoms with van der Waals surface area (Å²) in [5.41, 5.74) is 7.37. The van der Waals surface area contributed by atoms with Gasteiger partial charge >= 0.3 is 0 Å². The minimum atomic E-state index is -0.525. The number of hydrogen-bond acceptors (Lipinski definition) is 4. The summed E-state index contributed by atoms with van der Waals surface area (Å²) in [6, 6.07) is 5.95. The van der Waals surface area contributed by atoms with Gasteiger partial charge in [0.25, 0.3) is 0 Å². The monoisotopic (exact) mass is 326 g/mol. The maximum absolute atomic E-state index is 13.4. The van der Waals surface area contributed by atoms with Gasteiger partial charge in [0, 0.05) is 24.0 Å². The standard InChI is InChI=1S/C18H19FN4O/c1-3-14(11-21-12(2)13-4-5-13)23-9-8-18(22-23)24-15-6-7-17(20)16(19)10-15/h3,6-11,13H,1,4-5,20H2,2H3/b14-11+,21-12?. The van der Waals surface area contributed by atoms with Gasteiger partial charge in [0.1, 0.15) is 11.6 Å². The predicted octanol–water partition coefficient (Wildman–Crippen LogP) is 4.25. The Hall–Kier alpha value is -2.89. The number of hydrogen-bond donors (Lipinski definition) is 1. The van der Waals surface area contributed by atoms with E-state index in [0.29, 0.717) is 17.5 Å². The molecule has 2 aromatic rings. The molecule has 1 aliphatic carbocycles. The number of rotatable bonds is 6. The molecule has 1 saturated carbocycles. The molecule has 0 atom stereocenters. The minimum Gasteiger partial charge on any atom is -0.437 e. The fourth-order valence-corrected chi connectivity index (χ4v) is 2.18. The average molecular weight is 326 g/mol. The van der Waals surface area contributed by atoms with Gasteiger partial charge in [-0.3, -0.25) is 4.99 Å². The van der Waals surface area contributed by atoms with Crippen LogP contribution in [-0.4, -0.2) is 15.5 Å². The summed E-state index contributed by atoms with van der Waals surface area (Å²) in [6.45, 7) is 5.82. The van der Waals surface area contributed by atoms with E-state index in [-0.39, 0.29) is 5.69 Å². The molecule has 6 heteroatoms. The Labute approximate surface area is 140 Å². The first-order chi connectivity index (χ1) is 11.6. The molecule has 0 spiro atoms. The van der Waals surface area contributed by atoms with Gasteiger partial charge in [-0.1, -0.05) is 6.58 Å². The zero-order valence-electron chi connectivity index (χ0n) is 13.4. The van der Waals surface area contributed by atoms with Crippen LogP contribution in [-0.2, 0) is 0 Å². The molecule has 0 bridgehead atoms. The molecule has 24 heavy (non-hydrogen) atoms. The zero-order valence-corrected chi connectivity index (χ0v) is 13.4. The van der Waals surface area contributed by atoms with E-state index >= 15 is 0 Å². The molecule has 1 fully saturated rings. The van der Waals surface area contributed by atoms with Crippen molar-refractivity contribution in [2.75, 3.05) is 5.73 Å². The van der Waals surface area contributed by atoms with E-state index in [1.807, 2.05) is 6.92 Å². The fourth-order valence-electron chi connectivity index (χ4n) is 2.18. The largest absolute Gasteiger partial charge is 0.437 e. The number of nitrogen functional groups attached to an aromatic ring is 1. The number of benzene rings is 1. The number of nitrogens with two attached hydrogens (primary N) is 1. The molecule has 2 N–H and O–H groups in total. The SMILES string of the molecule is C=C/C(=C\N=C(C)C1CC1)n1ccc(Oc2ccc(N)c(F)c2)n1. The smallest absolute Gasteiger partial charge is 0.238 e. The van der Waals surface area contributed by atoms with Crippen molar-refractivity contribution in [1.82, 2.24) is 9.78 Å². The lowest BCUT2D eigenvalue weighted by atomic mass is 10.3. The van der Waals surface area contributed by atoms with Crippen molar-refractivity contribution in [3.63, 3.8) is 0 Å². The van der Waals surface area contributed by atoms with Gasteiger partial charge in [0.2, 0.25) is 5.88 Å². The number of aromatic nitrogens is 2. The van der Waals surface area contributed by atoms with Crippen LogP contribution in [0.15, 0.2) is 54.3 Å². The third-order valence-electron chi connectivity index (χ3n) is 3.80. The summed E-state index contributed by atoms with van der Waals surface area (Å²) >= 11 is 0. The molecule has 1 heterocycles. The lowest BCUT2D eigenvalue weighted by Crippen LogP contribution is -1.97. The van der Waals surface area contributed by atoms with Crippen LogP contribution in [0.5, 0.6) is 11.6 Å². The molecular weight excluding hydrogens is 307 g/mol. The molecule has 0 saturated heterocycles. The van der Waals surface area contributed by atoms with E-state index in [2.05, 4.69) is 16.7 Å². The van der Waals surface area contributed by atoms with Gasteiger partial charge in [-0.2, -0.15) is 0 Å². The highest BCUT2D eigenvalue weighted by Crippen LogP contribution is 2.30. The first kappa shape index (κ1) is 16.0. The molecule has 0 amide bonds. The fraction of sp³-hybridized carbons (Fsp3) is 0.222. The maximum atomic E-state index is 13.4. The van der Waals surface area contributed by atoms with E-state index in [0.717, 1.165) is 11.4 Å². The van der Waals surface area contributed by atoms with Crippen LogP contribution in [0.1, 0.15) is 19.8 Å². The molecule has 1 aromatic carbocycles. The highest BCUT2D eigenvalue weighted by molar-refractivity contribution is 5.87. The van der Waals surface area contributed by atoms with Crippen LogP contribution in [0.3, 0.4) is 0 Å². The van der Waals surface area contributed by atoms with E-state index < -0.39 is 5.82 Å². The number of allylic oxidation sites excluding steroid dienone is 2. The zero-order chi connectivity index (χ0) is 17.1. The summed E-state index contributed by atoms with van der Waals surface area (Å²) < 4.78 is 20.6. The Kier molecular flexibility index (Phi) is 4.46. The van der Waals surface area contributed by atoms with E-state index in [4.69, 9.17) is 10.5 Å². The number of nitrogens with zero attached hydrogens (tertiary/aromatic N) is 3. The number of aliphatic imine (C=N–C) groups is 1. The predicted molar refractivity (Wildman–Crippen MR) is 93.4 cm³/mol. The first-order valence-electron chi connectivity index (χ1n) is 7.72. The van der Waals surface area contributed by atoms with Crippen LogP contribution >= 0.6 is 0 Å². The van der Waals surface area contributed by atoms with Crippen molar-refractivity contribution in [2.45, 2.75) is 19.8 Å². The summed E-state index contributed by atoms with van der Waals surface area (Å²) in [7, 11) is 0. The summed E-state index contributed by atoms with van der Waals surface area (Å²) in [5.74, 6) is 0.765. The van der Waals surface area contributed by atoms with E-state index in [1.165, 1.54) is 25.0 Å². The molecule has 0 aliphatic heterocycles. The molecule has 0 radical (unpaired) electrons. The summed E-state index contributed by atoms with van der Waals surface area (Å²) in [5, 5.41) is 4.30. The van der Waals surface area contributed by atoms with E-state index in [9.17, 15) is 4.39 Å². The Morgan fingerprint density at radius 1 is 1.46 bits per heavy atom. The first-order valence-corrected chi connectivity index (χ1v) is 7.72. The van der Waals surface area contributed by atoms with Crippen LogP contribution in [0.25, 0.3) is 5.70 Å². The molecule has 0 unspecified atom stereocenters. The minimum absolute atomic E-state index is 0.0775. The van der Waals surface area contributed by atoms with Gasteiger partial charge in [-0.05, 0) is 43.9 Å². The quantitative estimate of drug-likeness (QED) is 0.490. The van der Waals surface area contributed by atoms with Gasteiger partial charge in [-0.15, -0.1) is 5.10 Å². The van der Waals surface area contributed by atoms with Crippen molar-refractivity contribution >= 4 is 17.1 Å². The maximum Gasteiger partial charge on any atom is 0.238 e. The van der Waals surface area contributed by atoms with Crippen molar-refractivity contribution in [3.05, 3.63) is 55.1 Å².